The Morgan fingerprint density at radius 1 is 1.73 bits per heavy atom. The van der Waals surface area contributed by atoms with Crippen molar-refractivity contribution < 1.29 is 4.79 Å². The smallest absolute Gasteiger partial charge is 0.321 e. The van der Waals surface area contributed by atoms with E-state index < -0.39 is 0 Å². The maximum absolute atomic E-state index is 11.0. The Kier molecular flexibility index (Phi) is 1.98. The number of carbonyl (C=O) groups is 1. The normalized spacial score (nSPS) is 22.4. The van der Waals surface area contributed by atoms with Crippen molar-refractivity contribution in [3.05, 3.63) is 23.9 Å². The van der Waals surface area contributed by atoms with E-state index in [1.165, 1.54) is 0 Å². The maximum atomic E-state index is 11.0. The standard InChI is InChI=1S/C8H12N2O/c1-4-7-5-10(3)8(11)9-6(7)2/h4H,2,5H2,1,3H3,(H,9,11)/b7-4-. The number of rotatable bonds is 0. The van der Waals surface area contributed by atoms with Crippen LogP contribution >= 0.6 is 0 Å². The van der Waals surface area contributed by atoms with E-state index in [0.717, 1.165) is 11.3 Å². The van der Waals surface area contributed by atoms with E-state index in [2.05, 4.69) is 11.9 Å². The van der Waals surface area contributed by atoms with Crippen LogP contribution in [0.4, 0.5) is 4.79 Å². The fraction of sp³-hybridized carbons (Fsp3) is 0.375. The van der Waals surface area contributed by atoms with Crippen molar-refractivity contribution in [1.82, 2.24) is 10.2 Å². The number of nitrogens with one attached hydrogen (secondary N) is 1. The molecule has 0 aliphatic carbocycles. The SMILES string of the molecule is C=C1NC(=O)N(C)C/C1=C/C. The van der Waals surface area contributed by atoms with Gasteiger partial charge in [0.1, 0.15) is 0 Å². The van der Waals surface area contributed by atoms with Crippen molar-refractivity contribution >= 4 is 6.03 Å². The number of nitrogens with zero attached hydrogens (tertiary/aromatic N) is 1. The van der Waals surface area contributed by atoms with Crippen molar-refractivity contribution in [3.8, 4) is 0 Å². The second kappa shape index (κ2) is 2.78. The monoisotopic (exact) mass is 152 g/mol. The number of hydrogen-bond acceptors (Lipinski definition) is 1. The van der Waals surface area contributed by atoms with Crippen molar-refractivity contribution in [2.45, 2.75) is 6.92 Å². The molecule has 0 atom stereocenters. The average Bonchev–Trinajstić information content (AvgIpc) is 1.97. The third-order valence-corrected chi connectivity index (χ3v) is 1.75. The summed E-state index contributed by atoms with van der Waals surface area (Å²) in [5.74, 6) is 0. The van der Waals surface area contributed by atoms with Crippen LogP contribution in [0.15, 0.2) is 23.9 Å². The second-order valence-electron chi connectivity index (χ2n) is 2.58. The molecule has 0 spiro atoms. The third kappa shape index (κ3) is 1.42. The van der Waals surface area contributed by atoms with E-state index in [1.54, 1.807) is 11.9 Å². The number of hydrogen-bond donors (Lipinski definition) is 1. The minimum Gasteiger partial charge on any atom is -0.323 e. The van der Waals surface area contributed by atoms with E-state index >= 15 is 0 Å². The lowest BCUT2D eigenvalue weighted by molar-refractivity contribution is 0.211. The van der Waals surface area contributed by atoms with Crippen molar-refractivity contribution in [2.24, 2.45) is 0 Å². The molecule has 1 N–H and O–H groups in total. The quantitative estimate of drug-likeness (QED) is 0.554. The van der Waals surface area contributed by atoms with Gasteiger partial charge < -0.3 is 10.2 Å². The van der Waals surface area contributed by atoms with Crippen LogP contribution in [-0.4, -0.2) is 24.5 Å². The van der Waals surface area contributed by atoms with E-state index in [-0.39, 0.29) is 6.03 Å². The number of amides is 2. The Morgan fingerprint density at radius 2 is 2.36 bits per heavy atom. The van der Waals surface area contributed by atoms with Gasteiger partial charge in [-0.3, -0.25) is 0 Å². The van der Waals surface area contributed by atoms with Crippen molar-refractivity contribution in [2.75, 3.05) is 13.6 Å². The van der Waals surface area contributed by atoms with Crippen LogP contribution in [-0.2, 0) is 0 Å². The summed E-state index contributed by atoms with van der Waals surface area (Å²) in [6.45, 7) is 6.31. The highest BCUT2D eigenvalue weighted by Crippen LogP contribution is 2.11. The fourth-order valence-electron chi connectivity index (χ4n) is 0.993. The summed E-state index contributed by atoms with van der Waals surface area (Å²) in [5.41, 5.74) is 1.79. The van der Waals surface area contributed by atoms with E-state index in [0.29, 0.717) is 6.54 Å². The second-order valence-corrected chi connectivity index (χ2v) is 2.58. The lowest BCUT2D eigenvalue weighted by Gasteiger charge is -2.27. The molecule has 1 rings (SSSR count). The lowest BCUT2D eigenvalue weighted by atomic mass is 10.1. The van der Waals surface area contributed by atoms with E-state index in [1.807, 2.05) is 13.0 Å². The highest BCUT2D eigenvalue weighted by atomic mass is 16.2. The molecule has 0 unspecified atom stereocenters. The van der Waals surface area contributed by atoms with Crippen LogP contribution in [0.25, 0.3) is 0 Å². The minimum absolute atomic E-state index is 0.0828. The Labute approximate surface area is 66.4 Å². The first-order chi connectivity index (χ1) is 5.15. The zero-order chi connectivity index (χ0) is 8.43. The zero-order valence-corrected chi connectivity index (χ0v) is 6.85. The summed E-state index contributed by atoms with van der Waals surface area (Å²) in [6, 6.07) is -0.0828. The maximum Gasteiger partial charge on any atom is 0.321 e. The molecular weight excluding hydrogens is 140 g/mol. The van der Waals surface area contributed by atoms with Crippen LogP contribution in [0.2, 0.25) is 0 Å². The number of urea groups is 1. The Hall–Kier alpha value is -1.25. The first kappa shape index (κ1) is 7.85. The molecule has 1 aliphatic heterocycles. The van der Waals surface area contributed by atoms with Gasteiger partial charge in [0, 0.05) is 19.3 Å². The molecular formula is C8H12N2O. The van der Waals surface area contributed by atoms with E-state index in [9.17, 15) is 4.79 Å². The van der Waals surface area contributed by atoms with Crippen molar-refractivity contribution in [1.29, 1.82) is 0 Å². The zero-order valence-electron chi connectivity index (χ0n) is 6.85. The van der Waals surface area contributed by atoms with Gasteiger partial charge >= 0.3 is 6.03 Å². The van der Waals surface area contributed by atoms with Crippen molar-refractivity contribution in [3.63, 3.8) is 0 Å². The van der Waals surface area contributed by atoms with Crippen LogP contribution < -0.4 is 5.32 Å². The predicted octanol–water partition coefficient (Wildman–Crippen LogP) is 1.10. The molecule has 2 amide bonds. The van der Waals surface area contributed by atoms with Gasteiger partial charge in [-0.25, -0.2) is 4.79 Å². The summed E-state index contributed by atoms with van der Waals surface area (Å²) in [7, 11) is 1.76. The number of allylic oxidation sites excluding steroid dienone is 1. The minimum atomic E-state index is -0.0828. The molecule has 3 heteroatoms. The first-order valence-electron chi connectivity index (χ1n) is 3.51. The van der Waals surface area contributed by atoms with Gasteiger partial charge in [-0.15, -0.1) is 0 Å². The Morgan fingerprint density at radius 3 is 2.91 bits per heavy atom. The summed E-state index contributed by atoms with van der Waals surface area (Å²) in [6.07, 6.45) is 1.96. The van der Waals surface area contributed by atoms with Gasteiger partial charge in [0.2, 0.25) is 0 Å². The molecule has 1 fully saturated rings. The molecule has 1 saturated heterocycles. The molecule has 0 aromatic carbocycles. The van der Waals surface area contributed by atoms with Crippen LogP contribution in [0.3, 0.4) is 0 Å². The molecule has 0 aromatic heterocycles. The number of carbonyl (C=O) groups excluding carboxylic acids is 1. The summed E-state index contributed by atoms with van der Waals surface area (Å²) < 4.78 is 0. The highest BCUT2D eigenvalue weighted by Gasteiger charge is 2.18. The van der Waals surface area contributed by atoms with E-state index in [4.69, 9.17) is 0 Å². The Bertz CT molecular complexity index is 230. The van der Waals surface area contributed by atoms with Crippen LogP contribution in [0, 0.1) is 0 Å². The molecule has 60 valence electrons. The molecule has 3 nitrogen and oxygen atoms in total. The molecule has 11 heavy (non-hydrogen) atoms. The summed E-state index contributed by atoms with van der Waals surface area (Å²) in [5, 5.41) is 2.65. The molecule has 1 heterocycles. The largest absolute Gasteiger partial charge is 0.323 e. The summed E-state index contributed by atoms with van der Waals surface area (Å²) in [4.78, 5) is 12.6. The van der Waals surface area contributed by atoms with Gasteiger partial charge in [-0.2, -0.15) is 0 Å². The average molecular weight is 152 g/mol. The molecule has 0 radical (unpaired) electrons. The molecule has 0 aromatic rings. The number of likely N-dealkylation sites (N-methyl/N-ethyl adjacent to an activating group) is 1. The van der Waals surface area contributed by atoms with Crippen LogP contribution in [0.1, 0.15) is 6.92 Å². The van der Waals surface area contributed by atoms with Crippen LogP contribution in [0.5, 0.6) is 0 Å². The first-order valence-corrected chi connectivity index (χ1v) is 3.51. The van der Waals surface area contributed by atoms with Gasteiger partial charge in [0.05, 0.1) is 0 Å². The molecule has 0 bridgehead atoms. The van der Waals surface area contributed by atoms with Gasteiger partial charge in [-0.1, -0.05) is 12.7 Å². The highest BCUT2D eigenvalue weighted by molar-refractivity contribution is 5.79. The molecule has 1 aliphatic rings. The predicted molar refractivity (Wildman–Crippen MR) is 44.1 cm³/mol. The third-order valence-electron chi connectivity index (χ3n) is 1.75. The molecule has 0 saturated carbocycles. The van der Waals surface area contributed by atoms with Gasteiger partial charge in [-0.05, 0) is 12.5 Å². The lowest BCUT2D eigenvalue weighted by Crippen LogP contribution is -2.43. The fourth-order valence-corrected chi connectivity index (χ4v) is 0.993. The summed E-state index contributed by atoms with van der Waals surface area (Å²) >= 11 is 0. The topological polar surface area (TPSA) is 32.3 Å². The van der Waals surface area contributed by atoms with Gasteiger partial charge in [0.15, 0.2) is 0 Å². The Balaban J connectivity index is 2.78. The van der Waals surface area contributed by atoms with Gasteiger partial charge in [0.25, 0.3) is 0 Å².